The summed E-state index contributed by atoms with van der Waals surface area (Å²) in [6.07, 6.45) is 5.19. The normalized spacial score (nSPS) is 12.0. The van der Waals surface area contributed by atoms with Crippen molar-refractivity contribution < 1.29 is 9.47 Å². The molecule has 0 saturated heterocycles. The molecule has 9 nitrogen and oxygen atoms in total. The fourth-order valence-corrected chi connectivity index (χ4v) is 3.94. The van der Waals surface area contributed by atoms with Crippen molar-refractivity contribution in [2.45, 2.75) is 39.0 Å². The maximum absolute atomic E-state index is 5.67. The summed E-state index contributed by atoms with van der Waals surface area (Å²) < 4.78 is 13.2. The lowest BCUT2D eigenvalue weighted by Gasteiger charge is -2.26. The Balaban J connectivity index is 1.75. The molecule has 34 heavy (non-hydrogen) atoms. The molecule has 0 fully saturated rings. The van der Waals surface area contributed by atoms with Crippen LogP contribution in [0.5, 0.6) is 0 Å². The number of nitrogens with zero attached hydrogens (tertiary/aromatic N) is 6. The molecule has 0 unspecified atom stereocenters. The second kappa shape index (κ2) is 10.5. The fourth-order valence-electron chi connectivity index (χ4n) is 3.94. The molecule has 4 rings (SSSR count). The van der Waals surface area contributed by atoms with Crippen molar-refractivity contribution in [3.63, 3.8) is 0 Å². The smallest absolute Gasteiger partial charge is 0.231 e. The Morgan fingerprint density at radius 2 is 1.85 bits per heavy atom. The monoisotopic (exact) mass is 459 g/mol. The summed E-state index contributed by atoms with van der Waals surface area (Å²) in [5, 5.41) is 19.5. The fraction of sp³-hybridized carbons (Fsp3) is 0.320. The second-order valence-electron chi connectivity index (χ2n) is 7.78. The maximum Gasteiger partial charge on any atom is 0.231 e. The van der Waals surface area contributed by atoms with Gasteiger partial charge in [-0.2, -0.15) is 5.21 Å². The molecule has 0 radical (unpaired) electrons. The van der Waals surface area contributed by atoms with Gasteiger partial charge in [-0.3, -0.25) is 0 Å². The van der Waals surface area contributed by atoms with Gasteiger partial charge in [-0.05, 0) is 34.9 Å². The molecule has 0 aliphatic carbocycles. The minimum atomic E-state index is -0.983. The Kier molecular flexibility index (Phi) is 7.24. The van der Waals surface area contributed by atoms with E-state index >= 15 is 0 Å². The largest absolute Gasteiger partial charge is 0.347 e. The van der Waals surface area contributed by atoms with Crippen LogP contribution >= 0.6 is 0 Å². The molecule has 0 atom stereocenters. The van der Waals surface area contributed by atoms with Crippen LogP contribution in [0.3, 0.4) is 0 Å². The number of rotatable bonds is 10. The van der Waals surface area contributed by atoms with Gasteiger partial charge < -0.3 is 9.47 Å². The first kappa shape index (κ1) is 23.5. The molecule has 0 saturated carbocycles. The van der Waals surface area contributed by atoms with E-state index in [2.05, 4.69) is 51.0 Å². The van der Waals surface area contributed by atoms with E-state index in [1.54, 1.807) is 14.2 Å². The third kappa shape index (κ3) is 4.66. The van der Waals surface area contributed by atoms with Crippen molar-refractivity contribution in [1.29, 1.82) is 0 Å². The van der Waals surface area contributed by atoms with Gasteiger partial charge in [-0.25, -0.2) is 9.67 Å². The van der Waals surface area contributed by atoms with Gasteiger partial charge in [0.05, 0.1) is 6.54 Å². The van der Waals surface area contributed by atoms with E-state index in [1.807, 2.05) is 48.9 Å². The lowest BCUT2D eigenvalue weighted by atomic mass is 9.96. The van der Waals surface area contributed by atoms with Crippen molar-refractivity contribution in [2.24, 2.45) is 0 Å². The molecule has 176 valence electrons. The quantitative estimate of drug-likeness (QED) is 0.281. The Morgan fingerprint density at radius 3 is 2.50 bits per heavy atom. The average molecular weight is 460 g/mol. The van der Waals surface area contributed by atoms with Gasteiger partial charge in [-0.15, -0.1) is 15.3 Å². The molecule has 2 aromatic heterocycles. The summed E-state index contributed by atoms with van der Waals surface area (Å²) in [6, 6.07) is 16.4. The van der Waals surface area contributed by atoms with Gasteiger partial charge in [0.25, 0.3) is 0 Å². The SMILES string of the molecule is CC=CCn1nc(C(CC)(OC)OC)nc1Cc1ccc(-c2ccccc2)c(-c2nn[nH]n2)c1. The van der Waals surface area contributed by atoms with Crippen molar-refractivity contribution in [2.75, 3.05) is 14.2 Å². The summed E-state index contributed by atoms with van der Waals surface area (Å²) in [5.41, 5.74) is 4.07. The number of benzene rings is 2. The molecule has 2 heterocycles. The summed E-state index contributed by atoms with van der Waals surface area (Å²) in [6.45, 7) is 4.57. The average Bonchev–Trinajstić information content (AvgIpc) is 3.56. The molecular weight excluding hydrogens is 430 g/mol. The van der Waals surface area contributed by atoms with Crippen LogP contribution in [0.25, 0.3) is 22.5 Å². The molecule has 0 amide bonds. The number of ether oxygens (including phenoxy) is 2. The zero-order valence-corrected chi connectivity index (χ0v) is 19.9. The third-order valence-corrected chi connectivity index (χ3v) is 5.85. The highest BCUT2D eigenvalue weighted by Gasteiger charge is 2.35. The highest BCUT2D eigenvalue weighted by Crippen LogP contribution is 2.32. The zero-order chi connectivity index (χ0) is 24.0. The van der Waals surface area contributed by atoms with E-state index in [1.165, 1.54) is 0 Å². The van der Waals surface area contributed by atoms with Gasteiger partial charge in [0, 0.05) is 32.6 Å². The topological polar surface area (TPSA) is 104 Å². The number of aromatic amines is 1. The molecule has 4 aromatic rings. The highest BCUT2D eigenvalue weighted by atomic mass is 16.7. The van der Waals surface area contributed by atoms with Crippen molar-refractivity contribution in [3.05, 3.63) is 77.9 Å². The van der Waals surface area contributed by atoms with Crippen molar-refractivity contribution >= 4 is 0 Å². The van der Waals surface area contributed by atoms with Crippen LogP contribution in [0, 0.1) is 0 Å². The first-order valence-electron chi connectivity index (χ1n) is 11.2. The first-order valence-corrected chi connectivity index (χ1v) is 11.2. The summed E-state index contributed by atoms with van der Waals surface area (Å²) >= 11 is 0. The number of tetrazole rings is 1. The number of aromatic nitrogens is 7. The van der Waals surface area contributed by atoms with E-state index < -0.39 is 5.79 Å². The van der Waals surface area contributed by atoms with Gasteiger partial charge in [-0.1, -0.05) is 61.5 Å². The minimum absolute atomic E-state index is 0.513. The molecular formula is C25H29N7O2. The Morgan fingerprint density at radius 1 is 1.06 bits per heavy atom. The van der Waals surface area contributed by atoms with Crippen LogP contribution in [0.4, 0.5) is 0 Å². The number of nitrogens with one attached hydrogen (secondary N) is 1. The predicted molar refractivity (Wildman–Crippen MR) is 129 cm³/mol. The molecule has 0 aliphatic rings. The van der Waals surface area contributed by atoms with E-state index in [4.69, 9.17) is 19.6 Å². The van der Waals surface area contributed by atoms with Gasteiger partial charge >= 0.3 is 0 Å². The summed E-state index contributed by atoms with van der Waals surface area (Å²) in [7, 11) is 3.22. The molecule has 2 aromatic carbocycles. The van der Waals surface area contributed by atoms with Gasteiger partial charge in [0.1, 0.15) is 5.82 Å². The Bertz CT molecular complexity index is 1220. The standard InChI is InChI=1S/C25H29N7O2/c1-5-7-15-32-22(26-24(29-32)25(6-2,33-3)34-4)17-18-13-14-20(19-11-9-8-10-12-19)21(16-18)23-27-30-31-28-23/h5,7-14,16H,6,15,17H2,1-4H3,(H,27,28,30,31). The van der Waals surface area contributed by atoms with E-state index in [-0.39, 0.29) is 0 Å². The molecule has 0 spiro atoms. The Labute approximate surface area is 198 Å². The van der Waals surface area contributed by atoms with Gasteiger partial charge in [0.15, 0.2) is 0 Å². The maximum atomic E-state index is 5.67. The number of allylic oxidation sites excluding steroid dienone is 2. The summed E-state index contributed by atoms with van der Waals surface area (Å²) in [5.74, 6) is 0.883. The number of H-pyrrole nitrogens is 1. The molecule has 0 aliphatic heterocycles. The molecule has 0 bridgehead atoms. The molecule has 1 N–H and O–H groups in total. The molecule has 9 heteroatoms. The lowest BCUT2D eigenvalue weighted by molar-refractivity contribution is -0.222. The number of hydrogen-bond donors (Lipinski definition) is 1. The van der Waals surface area contributed by atoms with Crippen LogP contribution in [-0.2, 0) is 28.2 Å². The van der Waals surface area contributed by atoms with Crippen molar-refractivity contribution in [3.8, 4) is 22.5 Å². The van der Waals surface area contributed by atoms with Crippen molar-refractivity contribution in [1.82, 2.24) is 35.4 Å². The number of methoxy groups -OCH3 is 2. The zero-order valence-electron chi connectivity index (χ0n) is 19.9. The first-order chi connectivity index (χ1) is 16.6. The van der Waals surface area contributed by atoms with E-state index in [0.29, 0.717) is 31.0 Å². The van der Waals surface area contributed by atoms with E-state index in [9.17, 15) is 0 Å². The Hall–Kier alpha value is -3.69. The van der Waals surface area contributed by atoms with Crippen LogP contribution in [0.1, 0.15) is 37.5 Å². The van der Waals surface area contributed by atoms with Crippen LogP contribution in [-0.4, -0.2) is 49.6 Å². The number of hydrogen-bond acceptors (Lipinski definition) is 7. The highest BCUT2D eigenvalue weighted by molar-refractivity contribution is 5.80. The van der Waals surface area contributed by atoms with E-state index in [0.717, 1.165) is 28.1 Å². The minimum Gasteiger partial charge on any atom is -0.347 e. The van der Waals surface area contributed by atoms with Crippen LogP contribution < -0.4 is 0 Å². The summed E-state index contributed by atoms with van der Waals surface area (Å²) in [4.78, 5) is 4.83. The van der Waals surface area contributed by atoms with Gasteiger partial charge in [0.2, 0.25) is 17.4 Å². The lowest BCUT2D eigenvalue weighted by Crippen LogP contribution is -2.31. The second-order valence-corrected chi connectivity index (χ2v) is 7.78. The third-order valence-electron chi connectivity index (χ3n) is 5.85. The van der Waals surface area contributed by atoms with Crippen LogP contribution in [0.2, 0.25) is 0 Å². The van der Waals surface area contributed by atoms with Crippen LogP contribution in [0.15, 0.2) is 60.7 Å². The predicted octanol–water partition coefficient (Wildman–Crippen LogP) is 4.15.